The topological polar surface area (TPSA) is 34.8 Å². The normalized spacial score (nSPS) is 12.6. The van der Waals surface area contributed by atoms with Crippen LogP contribution in [0.2, 0.25) is 0 Å². The lowest BCUT2D eigenvalue weighted by Gasteiger charge is -2.19. The number of furan rings is 1. The Labute approximate surface area is 180 Å². The highest BCUT2D eigenvalue weighted by molar-refractivity contribution is 5.83. The standard InChI is InChI=1S/C26H35NO3/c1-5-8-12-24-25(22-11-9-10-13-23(22)30-24)26(28-4)20-14-16-21(17-15-20)29-19-18-27(6-2)7-3/h9-11,13-17,26H,5-8,12,18-19H2,1-4H3. The molecule has 0 fully saturated rings. The zero-order valence-electron chi connectivity index (χ0n) is 18.8. The summed E-state index contributed by atoms with van der Waals surface area (Å²) in [5, 5.41) is 1.13. The SMILES string of the molecule is CCCCc1oc2ccccc2c1C(OC)c1ccc(OCCN(CC)CC)cc1. The van der Waals surface area contributed by atoms with Crippen molar-refractivity contribution in [2.24, 2.45) is 0 Å². The molecule has 162 valence electrons. The summed E-state index contributed by atoms with van der Waals surface area (Å²) >= 11 is 0. The molecule has 0 bridgehead atoms. The zero-order valence-corrected chi connectivity index (χ0v) is 18.8. The maximum Gasteiger partial charge on any atom is 0.134 e. The number of fused-ring (bicyclic) bond motifs is 1. The first-order valence-corrected chi connectivity index (χ1v) is 11.2. The van der Waals surface area contributed by atoms with E-state index in [0.29, 0.717) is 6.61 Å². The van der Waals surface area contributed by atoms with Crippen molar-refractivity contribution in [2.75, 3.05) is 33.4 Å². The van der Waals surface area contributed by atoms with Gasteiger partial charge < -0.3 is 18.8 Å². The highest BCUT2D eigenvalue weighted by Crippen LogP contribution is 2.37. The van der Waals surface area contributed by atoms with Crippen LogP contribution in [0.1, 0.15) is 56.6 Å². The van der Waals surface area contributed by atoms with Crippen molar-refractivity contribution in [3.8, 4) is 5.75 Å². The zero-order chi connectivity index (χ0) is 21.3. The first-order chi connectivity index (χ1) is 14.7. The maximum atomic E-state index is 6.22. The number of unbranched alkanes of at least 4 members (excludes halogenated alkanes) is 1. The number of aryl methyl sites for hydroxylation is 1. The van der Waals surface area contributed by atoms with E-state index >= 15 is 0 Å². The molecule has 0 amide bonds. The fourth-order valence-corrected chi connectivity index (χ4v) is 3.92. The van der Waals surface area contributed by atoms with E-state index in [9.17, 15) is 0 Å². The van der Waals surface area contributed by atoms with E-state index in [1.807, 2.05) is 24.3 Å². The Hall–Kier alpha value is -2.30. The van der Waals surface area contributed by atoms with Crippen LogP contribution in [0.15, 0.2) is 52.9 Å². The fourth-order valence-electron chi connectivity index (χ4n) is 3.92. The minimum Gasteiger partial charge on any atom is -0.492 e. The molecule has 2 aromatic carbocycles. The lowest BCUT2D eigenvalue weighted by atomic mass is 9.96. The highest BCUT2D eigenvalue weighted by atomic mass is 16.5. The third-order valence-electron chi connectivity index (χ3n) is 5.72. The summed E-state index contributed by atoms with van der Waals surface area (Å²) in [4.78, 5) is 2.36. The summed E-state index contributed by atoms with van der Waals surface area (Å²) in [6, 6.07) is 16.5. The molecule has 30 heavy (non-hydrogen) atoms. The number of ether oxygens (including phenoxy) is 2. The maximum absolute atomic E-state index is 6.22. The number of methoxy groups -OCH3 is 1. The molecule has 1 atom stereocenters. The molecule has 0 radical (unpaired) electrons. The predicted molar refractivity (Wildman–Crippen MR) is 123 cm³/mol. The van der Waals surface area contributed by atoms with Crippen molar-refractivity contribution >= 4 is 11.0 Å². The monoisotopic (exact) mass is 409 g/mol. The summed E-state index contributed by atoms with van der Waals surface area (Å²) < 4.78 is 18.1. The molecule has 0 aliphatic rings. The number of benzene rings is 2. The molecule has 0 aliphatic heterocycles. The van der Waals surface area contributed by atoms with Gasteiger partial charge in [0, 0.05) is 31.0 Å². The first-order valence-electron chi connectivity index (χ1n) is 11.2. The minimum atomic E-state index is -0.162. The van der Waals surface area contributed by atoms with E-state index in [0.717, 1.165) is 72.5 Å². The van der Waals surface area contributed by atoms with Gasteiger partial charge in [-0.3, -0.25) is 0 Å². The van der Waals surface area contributed by atoms with Crippen LogP contribution >= 0.6 is 0 Å². The van der Waals surface area contributed by atoms with Gasteiger partial charge in [0.25, 0.3) is 0 Å². The molecule has 0 aliphatic carbocycles. The van der Waals surface area contributed by atoms with Crippen molar-refractivity contribution < 1.29 is 13.9 Å². The molecule has 4 heteroatoms. The lowest BCUT2D eigenvalue weighted by Crippen LogP contribution is -2.27. The van der Waals surface area contributed by atoms with Crippen LogP contribution in [0.5, 0.6) is 5.75 Å². The van der Waals surface area contributed by atoms with E-state index in [2.05, 4.69) is 49.9 Å². The highest BCUT2D eigenvalue weighted by Gasteiger charge is 2.23. The molecular formula is C26H35NO3. The Balaban J connectivity index is 1.80. The van der Waals surface area contributed by atoms with E-state index in [-0.39, 0.29) is 6.10 Å². The van der Waals surface area contributed by atoms with Crippen molar-refractivity contribution in [3.63, 3.8) is 0 Å². The van der Waals surface area contributed by atoms with Crippen LogP contribution in [-0.4, -0.2) is 38.3 Å². The molecule has 1 aromatic heterocycles. The van der Waals surface area contributed by atoms with Gasteiger partial charge in [-0.25, -0.2) is 0 Å². The van der Waals surface area contributed by atoms with Gasteiger partial charge in [0.1, 0.15) is 29.8 Å². The minimum absolute atomic E-state index is 0.162. The smallest absolute Gasteiger partial charge is 0.134 e. The molecule has 0 N–H and O–H groups in total. The van der Waals surface area contributed by atoms with Gasteiger partial charge in [-0.2, -0.15) is 0 Å². The van der Waals surface area contributed by atoms with Crippen LogP contribution in [0, 0.1) is 0 Å². The van der Waals surface area contributed by atoms with Crippen LogP contribution in [0.3, 0.4) is 0 Å². The average molecular weight is 410 g/mol. The molecule has 3 rings (SSSR count). The fraction of sp³-hybridized carbons (Fsp3) is 0.462. The van der Waals surface area contributed by atoms with Crippen molar-refractivity contribution in [1.82, 2.24) is 4.90 Å². The number of para-hydroxylation sites is 1. The lowest BCUT2D eigenvalue weighted by molar-refractivity contribution is 0.135. The summed E-state index contributed by atoms with van der Waals surface area (Å²) in [7, 11) is 1.77. The Morgan fingerprint density at radius 2 is 1.70 bits per heavy atom. The Morgan fingerprint density at radius 1 is 0.967 bits per heavy atom. The summed E-state index contributed by atoms with van der Waals surface area (Å²) in [6.45, 7) is 10.3. The molecule has 1 unspecified atom stereocenters. The first kappa shape index (κ1) is 22.4. The number of likely N-dealkylation sites (N-methyl/N-ethyl adjacent to an activating group) is 1. The Bertz CT molecular complexity index is 896. The van der Waals surface area contributed by atoms with Gasteiger partial charge in [0.15, 0.2) is 0 Å². The predicted octanol–water partition coefficient (Wildman–Crippen LogP) is 6.23. The van der Waals surface area contributed by atoms with Gasteiger partial charge in [0.05, 0.1) is 0 Å². The second-order valence-electron chi connectivity index (χ2n) is 7.60. The molecule has 3 aromatic rings. The number of hydrogen-bond acceptors (Lipinski definition) is 4. The second-order valence-corrected chi connectivity index (χ2v) is 7.60. The Kier molecular flexibility index (Phi) is 8.35. The van der Waals surface area contributed by atoms with Gasteiger partial charge >= 0.3 is 0 Å². The number of nitrogens with zero attached hydrogens (tertiary/aromatic N) is 1. The molecular weight excluding hydrogens is 374 g/mol. The third-order valence-corrected chi connectivity index (χ3v) is 5.72. The van der Waals surface area contributed by atoms with Crippen LogP contribution in [-0.2, 0) is 11.2 Å². The van der Waals surface area contributed by atoms with E-state index in [4.69, 9.17) is 13.9 Å². The summed E-state index contributed by atoms with van der Waals surface area (Å²) in [5.41, 5.74) is 3.19. The number of hydrogen-bond donors (Lipinski definition) is 0. The quantitative estimate of drug-likeness (QED) is 0.355. The largest absolute Gasteiger partial charge is 0.492 e. The second kappa shape index (κ2) is 11.2. The van der Waals surface area contributed by atoms with E-state index in [1.54, 1.807) is 7.11 Å². The molecule has 0 spiro atoms. The van der Waals surface area contributed by atoms with Crippen molar-refractivity contribution in [1.29, 1.82) is 0 Å². The molecule has 1 heterocycles. The van der Waals surface area contributed by atoms with Crippen LogP contribution in [0.4, 0.5) is 0 Å². The van der Waals surface area contributed by atoms with Gasteiger partial charge in [-0.1, -0.05) is 57.5 Å². The third kappa shape index (κ3) is 5.24. The molecule has 0 saturated carbocycles. The van der Waals surface area contributed by atoms with E-state index < -0.39 is 0 Å². The van der Waals surface area contributed by atoms with Crippen molar-refractivity contribution in [2.45, 2.75) is 46.1 Å². The van der Waals surface area contributed by atoms with Crippen LogP contribution < -0.4 is 4.74 Å². The summed E-state index contributed by atoms with van der Waals surface area (Å²) in [6.07, 6.45) is 2.99. The summed E-state index contributed by atoms with van der Waals surface area (Å²) in [5.74, 6) is 1.92. The van der Waals surface area contributed by atoms with Crippen molar-refractivity contribution in [3.05, 3.63) is 65.4 Å². The van der Waals surface area contributed by atoms with Crippen LogP contribution in [0.25, 0.3) is 11.0 Å². The van der Waals surface area contributed by atoms with E-state index in [1.165, 1.54) is 0 Å². The van der Waals surface area contributed by atoms with Gasteiger partial charge in [0.2, 0.25) is 0 Å². The van der Waals surface area contributed by atoms with Gasteiger partial charge in [-0.15, -0.1) is 0 Å². The number of rotatable bonds is 12. The molecule has 0 saturated heterocycles. The van der Waals surface area contributed by atoms with Gasteiger partial charge in [-0.05, 0) is 43.3 Å². The Morgan fingerprint density at radius 3 is 2.37 bits per heavy atom. The molecule has 4 nitrogen and oxygen atoms in total. The average Bonchev–Trinajstić information content (AvgIpc) is 3.15.